The van der Waals surface area contributed by atoms with Crippen LogP contribution in [-0.2, 0) is 0 Å². The summed E-state index contributed by atoms with van der Waals surface area (Å²) in [5.74, 6) is 0.468. The first-order valence-electron chi connectivity index (χ1n) is 3.94. The van der Waals surface area contributed by atoms with E-state index in [1.54, 1.807) is 24.4 Å². The summed E-state index contributed by atoms with van der Waals surface area (Å²) in [6.07, 6.45) is 3.13. The Morgan fingerprint density at radius 3 is 2.86 bits per heavy atom. The van der Waals surface area contributed by atoms with Gasteiger partial charge in [0, 0.05) is 18.5 Å². The minimum Gasteiger partial charge on any atom is -0.269 e. The van der Waals surface area contributed by atoms with Gasteiger partial charge < -0.3 is 0 Å². The lowest BCUT2D eigenvalue weighted by Crippen LogP contribution is -2.16. The van der Waals surface area contributed by atoms with Crippen molar-refractivity contribution in [2.24, 2.45) is 0 Å². The number of nitrogens with zero attached hydrogens (tertiary/aromatic N) is 3. The normalized spacial score (nSPS) is 10.1. The third-order valence-corrected chi connectivity index (χ3v) is 1.86. The van der Waals surface area contributed by atoms with Gasteiger partial charge in [-0.05, 0) is 23.7 Å². The third-order valence-electron chi connectivity index (χ3n) is 1.68. The second-order valence-electron chi connectivity index (χ2n) is 2.59. The highest BCUT2D eigenvalue weighted by Crippen LogP contribution is 2.03. The number of halogens is 1. The van der Waals surface area contributed by atoms with Crippen molar-refractivity contribution in [3.05, 3.63) is 52.3 Å². The van der Waals surface area contributed by atoms with Crippen LogP contribution in [0.2, 0.25) is 5.28 Å². The summed E-state index contributed by atoms with van der Waals surface area (Å²) in [7, 11) is 0. The largest absolute Gasteiger partial charge is 0.269 e. The Hall–Kier alpha value is -1.68. The molecule has 2 rings (SSSR count). The molecule has 0 spiro atoms. The van der Waals surface area contributed by atoms with Crippen molar-refractivity contribution in [3.8, 4) is 5.82 Å². The summed E-state index contributed by atoms with van der Waals surface area (Å²) in [6, 6.07) is 6.49. The predicted octanol–water partition coefficient (Wildman–Crippen LogP) is 1.28. The molecule has 0 aliphatic carbocycles. The van der Waals surface area contributed by atoms with E-state index in [4.69, 9.17) is 11.6 Å². The molecule has 0 fully saturated rings. The molecule has 0 radical (unpaired) electrons. The number of hydrogen-bond donors (Lipinski definition) is 0. The molecular weight excluding hydrogens is 202 g/mol. The predicted molar refractivity (Wildman–Crippen MR) is 52.6 cm³/mol. The quantitative estimate of drug-likeness (QED) is 0.662. The fourth-order valence-electron chi connectivity index (χ4n) is 1.08. The lowest BCUT2D eigenvalue weighted by molar-refractivity contribution is 0.926. The Morgan fingerprint density at radius 1 is 1.29 bits per heavy atom. The van der Waals surface area contributed by atoms with Crippen LogP contribution in [0.5, 0.6) is 0 Å². The summed E-state index contributed by atoms with van der Waals surface area (Å²) in [6.45, 7) is 0. The molecule has 0 aromatic carbocycles. The topological polar surface area (TPSA) is 47.8 Å². The summed E-state index contributed by atoms with van der Waals surface area (Å²) < 4.78 is 1.40. The number of hydrogen-bond acceptors (Lipinski definition) is 3. The molecule has 0 amide bonds. The molecule has 2 aromatic heterocycles. The molecule has 0 saturated carbocycles. The highest BCUT2D eigenvalue weighted by Gasteiger charge is 1.99. The average Bonchev–Trinajstić information content (AvgIpc) is 2.18. The van der Waals surface area contributed by atoms with Crippen molar-refractivity contribution < 1.29 is 0 Å². The molecule has 0 unspecified atom stereocenters. The summed E-state index contributed by atoms with van der Waals surface area (Å²) >= 11 is 5.61. The monoisotopic (exact) mass is 207 g/mol. The van der Waals surface area contributed by atoms with Gasteiger partial charge in [0.2, 0.25) is 5.28 Å². The van der Waals surface area contributed by atoms with Gasteiger partial charge in [0.1, 0.15) is 5.82 Å². The highest BCUT2D eigenvalue weighted by atomic mass is 35.5. The maximum atomic E-state index is 11.4. The lowest BCUT2D eigenvalue weighted by atomic mass is 10.4. The number of rotatable bonds is 1. The standard InChI is InChI=1S/C9H6ClN3O/c10-9-11-5-4-7(12-9)13-6-2-1-3-8(13)14/h1-6H. The Labute approximate surface area is 84.8 Å². The van der Waals surface area contributed by atoms with Gasteiger partial charge in [0.15, 0.2) is 0 Å². The minimum atomic E-state index is -0.151. The van der Waals surface area contributed by atoms with Crippen molar-refractivity contribution >= 4 is 11.6 Å². The van der Waals surface area contributed by atoms with E-state index in [0.29, 0.717) is 5.82 Å². The smallest absolute Gasteiger partial charge is 0.256 e. The average molecular weight is 208 g/mol. The van der Waals surface area contributed by atoms with Crippen LogP contribution in [0.4, 0.5) is 0 Å². The SMILES string of the molecule is O=c1ccccn1-c1ccnc(Cl)n1. The maximum absolute atomic E-state index is 11.4. The molecule has 4 nitrogen and oxygen atoms in total. The maximum Gasteiger partial charge on any atom is 0.256 e. The number of pyridine rings is 1. The van der Waals surface area contributed by atoms with Gasteiger partial charge in [0.25, 0.3) is 5.56 Å². The van der Waals surface area contributed by atoms with Gasteiger partial charge in [-0.25, -0.2) is 4.98 Å². The fourth-order valence-corrected chi connectivity index (χ4v) is 1.22. The molecule has 0 aliphatic heterocycles. The molecule has 2 aromatic rings. The fraction of sp³-hybridized carbons (Fsp3) is 0. The van der Waals surface area contributed by atoms with Crippen molar-refractivity contribution in [3.63, 3.8) is 0 Å². The van der Waals surface area contributed by atoms with Gasteiger partial charge in [-0.3, -0.25) is 9.36 Å². The second-order valence-corrected chi connectivity index (χ2v) is 2.93. The Morgan fingerprint density at radius 2 is 2.14 bits per heavy atom. The van der Waals surface area contributed by atoms with Crippen LogP contribution in [0.25, 0.3) is 5.82 Å². The van der Waals surface area contributed by atoms with E-state index >= 15 is 0 Å². The van der Waals surface area contributed by atoms with Crippen LogP contribution < -0.4 is 5.56 Å². The molecule has 0 N–H and O–H groups in total. The lowest BCUT2D eigenvalue weighted by Gasteiger charge is -2.02. The van der Waals surface area contributed by atoms with Crippen LogP contribution >= 0.6 is 11.6 Å². The van der Waals surface area contributed by atoms with E-state index in [0.717, 1.165) is 0 Å². The zero-order chi connectivity index (χ0) is 9.97. The van der Waals surface area contributed by atoms with Crippen molar-refractivity contribution in [1.82, 2.24) is 14.5 Å². The molecule has 70 valence electrons. The van der Waals surface area contributed by atoms with Crippen LogP contribution in [0.3, 0.4) is 0 Å². The van der Waals surface area contributed by atoms with E-state index in [9.17, 15) is 4.79 Å². The second kappa shape index (κ2) is 3.59. The van der Waals surface area contributed by atoms with Gasteiger partial charge in [-0.2, -0.15) is 4.98 Å². The van der Waals surface area contributed by atoms with Crippen molar-refractivity contribution in [2.75, 3.05) is 0 Å². The third kappa shape index (κ3) is 1.65. The van der Waals surface area contributed by atoms with E-state index in [1.807, 2.05) is 0 Å². The van der Waals surface area contributed by atoms with Crippen LogP contribution in [-0.4, -0.2) is 14.5 Å². The molecular formula is C9H6ClN3O. The van der Waals surface area contributed by atoms with E-state index in [-0.39, 0.29) is 10.8 Å². The molecule has 2 heterocycles. The van der Waals surface area contributed by atoms with Gasteiger partial charge in [-0.1, -0.05) is 6.07 Å². The molecule has 0 aliphatic rings. The molecule has 14 heavy (non-hydrogen) atoms. The Bertz CT molecular complexity index is 509. The van der Waals surface area contributed by atoms with Gasteiger partial charge in [0.05, 0.1) is 0 Å². The van der Waals surface area contributed by atoms with Gasteiger partial charge in [-0.15, -0.1) is 0 Å². The molecule has 0 atom stereocenters. The van der Waals surface area contributed by atoms with E-state index in [1.165, 1.54) is 16.8 Å². The minimum absolute atomic E-state index is 0.123. The van der Waals surface area contributed by atoms with Crippen LogP contribution in [0, 0.1) is 0 Å². The van der Waals surface area contributed by atoms with Crippen LogP contribution in [0.1, 0.15) is 0 Å². The molecule has 5 heteroatoms. The zero-order valence-electron chi connectivity index (χ0n) is 7.09. The zero-order valence-corrected chi connectivity index (χ0v) is 7.85. The van der Waals surface area contributed by atoms with E-state index in [2.05, 4.69) is 9.97 Å². The summed E-state index contributed by atoms with van der Waals surface area (Å²) in [5.41, 5.74) is -0.151. The molecule has 0 bridgehead atoms. The summed E-state index contributed by atoms with van der Waals surface area (Å²) in [4.78, 5) is 19.0. The van der Waals surface area contributed by atoms with Crippen molar-refractivity contribution in [2.45, 2.75) is 0 Å². The molecule has 0 saturated heterocycles. The van der Waals surface area contributed by atoms with Crippen LogP contribution in [0.15, 0.2) is 41.5 Å². The van der Waals surface area contributed by atoms with E-state index < -0.39 is 0 Å². The first-order valence-corrected chi connectivity index (χ1v) is 4.32. The van der Waals surface area contributed by atoms with Gasteiger partial charge >= 0.3 is 0 Å². The highest BCUT2D eigenvalue weighted by molar-refractivity contribution is 6.28. The number of aromatic nitrogens is 3. The summed E-state index contributed by atoms with van der Waals surface area (Å²) in [5, 5.41) is 0.123. The Kier molecular flexibility index (Phi) is 2.28. The first-order chi connectivity index (χ1) is 6.77. The first kappa shape index (κ1) is 8.90. The van der Waals surface area contributed by atoms with Crippen molar-refractivity contribution in [1.29, 1.82) is 0 Å². The Balaban J connectivity index is 2.61.